The molecule has 2 aliphatic rings. The fraction of sp³-hybridized carbons (Fsp3) is 0.538. The lowest BCUT2D eigenvalue weighted by molar-refractivity contribution is 0.288. The number of benzene rings is 1. The van der Waals surface area contributed by atoms with Crippen LogP contribution in [-0.4, -0.2) is 6.61 Å². The number of fused-ring (bicyclic) bond motifs is 1. The molecule has 1 heterocycles. The van der Waals surface area contributed by atoms with Crippen molar-refractivity contribution in [2.45, 2.75) is 31.7 Å². The van der Waals surface area contributed by atoms with Gasteiger partial charge in [0, 0.05) is 6.04 Å². The smallest absolute Gasteiger partial charge is 0.122 e. The van der Waals surface area contributed by atoms with E-state index in [0.717, 1.165) is 31.1 Å². The fourth-order valence-corrected chi connectivity index (χ4v) is 2.32. The molecule has 0 saturated heterocycles. The third-order valence-corrected chi connectivity index (χ3v) is 3.45. The van der Waals surface area contributed by atoms with E-state index >= 15 is 0 Å². The molecule has 1 aliphatic carbocycles. The third kappa shape index (κ3) is 1.74. The van der Waals surface area contributed by atoms with Gasteiger partial charge in [0.15, 0.2) is 0 Å². The third-order valence-electron chi connectivity index (χ3n) is 3.45. The van der Waals surface area contributed by atoms with Crippen molar-refractivity contribution in [3.63, 3.8) is 0 Å². The molecule has 1 saturated carbocycles. The van der Waals surface area contributed by atoms with Crippen LogP contribution in [0.2, 0.25) is 0 Å². The normalized spacial score (nSPS) is 21.7. The molecule has 2 heteroatoms. The van der Waals surface area contributed by atoms with Gasteiger partial charge in [-0.2, -0.15) is 0 Å². The summed E-state index contributed by atoms with van der Waals surface area (Å²) in [5.41, 5.74) is 8.83. The minimum atomic E-state index is 0.247. The van der Waals surface area contributed by atoms with Crippen LogP contribution in [0.15, 0.2) is 18.2 Å². The van der Waals surface area contributed by atoms with Gasteiger partial charge >= 0.3 is 0 Å². The molecule has 1 aromatic carbocycles. The maximum absolute atomic E-state index is 6.19. The Morgan fingerprint density at radius 1 is 1.33 bits per heavy atom. The van der Waals surface area contributed by atoms with Crippen molar-refractivity contribution in [3.05, 3.63) is 29.3 Å². The SMILES string of the molecule is NC(c1ccc2c(c1)CCCO2)C1CC1. The first-order valence-corrected chi connectivity index (χ1v) is 5.86. The molecular weight excluding hydrogens is 186 g/mol. The average Bonchev–Trinajstić information content (AvgIpc) is 3.11. The molecule has 1 fully saturated rings. The number of nitrogens with two attached hydrogens (primary N) is 1. The number of hydrogen-bond donors (Lipinski definition) is 1. The molecule has 1 aromatic rings. The lowest BCUT2D eigenvalue weighted by atomic mass is 9.97. The van der Waals surface area contributed by atoms with Gasteiger partial charge in [0.25, 0.3) is 0 Å². The predicted octanol–water partition coefficient (Wildman–Crippen LogP) is 2.42. The van der Waals surface area contributed by atoms with E-state index in [1.807, 2.05) is 0 Å². The Morgan fingerprint density at radius 3 is 3.00 bits per heavy atom. The molecule has 80 valence electrons. The summed E-state index contributed by atoms with van der Waals surface area (Å²) in [5.74, 6) is 1.79. The van der Waals surface area contributed by atoms with Gasteiger partial charge < -0.3 is 10.5 Å². The highest BCUT2D eigenvalue weighted by Gasteiger charge is 2.29. The van der Waals surface area contributed by atoms with Crippen LogP contribution in [0.4, 0.5) is 0 Å². The van der Waals surface area contributed by atoms with E-state index in [1.165, 1.54) is 24.0 Å². The minimum Gasteiger partial charge on any atom is -0.493 e. The van der Waals surface area contributed by atoms with E-state index in [9.17, 15) is 0 Å². The second-order valence-corrected chi connectivity index (χ2v) is 4.68. The summed E-state index contributed by atoms with van der Waals surface area (Å²) >= 11 is 0. The minimum absolute atomic E-state index is 0.247. The Hall–Kier alpha value is -1.02. The van der Waals surface area contributed by atoms with E-state index in [1.54, 1.807) is 0 Å². The molecule has 1 unspecified atom stereocenters. The summed E-state index contributed by atoms with van der Waals surface area (Å²) in [6, 6.07) is 6.72. The Labute approximate surface area is 90.4 Å². The Bertz CT molecular complexity index is 371. The predicted molar refractivity (Wildman–Crippen MR) is 59.9 cm³/mol. The second kappa shape index (κ2) is 3.53. The van der Waals surface area contributed by atoms with Crippen LogP contribution in [0.5, 0.6) is 5.75 Å². The quantitative estimate of drug-likeness (QED) is 0.801. The highest BCUT2D eigenvalue weighted by molar-refractivity contribution is 5.39. The van der Waals surface area contributed by atoms with Gasteiger partial charge in [0.05, 0.1) is 6.61 Å². The molecule has 2 nitrogen and oxygen atoms in total. The fourth-order valence-electron chi connectivity index (χ4n) is 2.32. The molecule has 0 spiro atoms. The average molecular weight is 203 g/mol. The molecule has 3 rings (SSSR count). The largest absolute Gasteiger partial charge is 0.493 e. The van der Waals surface area contributed by atoms with Gasteiger partial charge in [-0.3, -0.25) is 0 Å². The highest BCUT2D eigenvalue weighted by Crippen LogP contribution is 2.40. The summed E-state index contributed by atoms with van der Waals surface area (Å²) in [6.45, 7) is 0.862. The zero-order valence-electron chi connectivity index (χ0n) is 8.91. The van der Waals surface area contributed by atoms with Crippen LogP contribution >= 0.6 is 0 Å². The van der Waals surface area contributed by atoms with Gasteiger partial charge in [0.1, 0.15) is 5.75 Å². The van der Waals surface area contributed by atoms with E-state index < -0.39 is 0 Å². The molecule has 0 amide bonds. The lowest BCUT2D eigenvalue weighted by Gasteiger charge is -2.19. The molecular formula is C13H17NO. The van der Waals surface area contributed by atoms with Gasteiger partial charge in [-0.1, -0.05) is 12.1 Å². The molecule has 0 bridgehead atoms. The summed E-state index contributed by atoms with van der Waals surface area (Å²) in [7, 11) is 0. The number of aryl methyl sites for hydroxylation is 1. The zero-order chi connectivity index (χ0) is 10.3. The van der Waals surface area contributed by atoms with Crippen LogP contribution in [0.3, 0.4) is 0 Å². The lowest BCUT2D eigenvalue weighted by Crippen LogP contribution is -2.14. The zero-order valence-corrected chi connectivity index (χ0v) is 8.91. The Balaban J connectivity index is 1.89. The Morgan fingerprint density at radius 2 is 2.20 bits per heavy atom. The van der Waals surface area contributed by atoms with Crippen LogP contribution in [-0.2, 0) is 6.42 Å². The highest BCUT2D eigenvalue weighted by atomic mass is 16.5. The number of hydrogen-bond acceptors (Lipinski definition) is 2. The van der Waals surface area contributed by atoms with Crippen molar-refractivity contribution in [2.24, 2.45) is 11.7 Å². The molecule has 0 aromatic heterocycles. The topological polar surface area (TPSA) is 35.2 Å². The van der Waals surface area contributed by atoms with Crippen molar-refractivity contribution in [2.75, 3.05) is 6.61 Å². The molecule has 2 N–H and O–H groups in total. The van der Waals surface area contributed by atoms with Crippen LogP contribution in [0.1, 0.15) is 36.4 Å². The summed E-state index contributed by atoms with van der Waals surface area (Å²) in [6.07, 6.45) is 4.87. The first-order valence-electron chi connectivity index (χ1n) is 5.86. The Kier molecular flexibility index (Phi) is 2.17. The number of ether oxygens (including phenoxy) is 1. The van der Waals surface area contributed by atoms with Crippen LogP contribution < -0.4 is 10.5 Å². The van der Waals surface area contributed by atoms with E-state index in [4.69, 9.17) is 10.5 Å². The summed E-state index contributed by atoms with van der Waals surface area (Å²) < 4.78 is 5.59. The van der Waals surface area contributed by atoms with Crippen LogP contribution in [0, 0.1) is 5.92 Å². The maximum Gasteiger partial charge on any atom is 0.122 e. The second-order valence-electron chi connectivity index (χ2n) is 4.68. The molecule has 1 aliphatic heterocycles. The van der Waals surface area contributed by atoms with Crippen molar-refractivity contribution in [1.29, 1.82) is 0 Å². The van der Waals surface area contributed by atoms with E-state index in [-0.39, 0.29) is 6.04 Å². The van der Waals surface area contributed by atoms with E-state index in [2.05, 4.69) is 18.2 Å². The summed E-state index contributed by atoms with van der Waals surface area (Å²) in [4.78, 5) is 0. The van der Waals surface area contributed by atoms with Gasteiger partial charge in [-0.15, -0.1) is 0 Å². The molecule has 15 heavy (non-hydrogen) atoms. The monoisotopic (exact) mass is 203 g/mol. The van der Waals surface area contributed by atoms with Crippen molar-refractivity contribution < 1.29 is 4.74 Å². The maximum atomic E-state index is 6.19. The van der Waals surface area contributed by atoms with Gasteiger partial charge in [-0.05, 0) is 48.8 Å². The molecule has 1 atom stereocenters. The van der Waals surface area contributed by atoms with Crippen molar-refractivity contribution in [1.82, 2.24) is 0 Å². The van der Waals surface area contributed by atoms with E-state index in [0.29, 0.717) is 0 Å². The number of rotatable bonds is 2. The van der Waals surface area contributed by atoms with Gasteiger partial charge in [0.2, 0.25) is 0 Å². The van der Waals surface area contributed by atoms with Crippen molar-refractivity contribution in [3.8, 4) is 5.75 Å². The first-order chi connectivity index (χ1) is 7.34. The van der Waals surface area contributed by atoms with Crippen molar-refractivity contribution >= 4 is 0 Å². The molecule has 0 radical (unpaired) electrons. The summed E-state index contributed by atoms with van der Waals surface area (Å²) in [5, 5.41) is 0. The first kappa shape index (κ1) is 9.22. The van der Waals surface area contributed by atoms with Crippen LogP contribution in [0.25, 0.3) is 0 Å². The standard InChI is InChI=1S/C13H17NO/c14-13(9-3-4-9)11-5-6-12-10(8-11)2-1-7-15-12/h5-6,8-9,13H,1-4,7,14H2. The van der Waals surface area contributed by atoms with Gasteiger partial charge in [-0.25, -0.2) is 0 Å².